The second kappa shape index (κ2) is 48.1. The van der Waals surface area contributed by atoms with Crippen LogP contribution < -0.4 is 5.32 Å². The molecule has 2 N–H and O–H groups in total. The molecular weight excluding hydrogens is 880 g/mol. The summed E-state index contributed by atoms with van der Waals surface area (Å²) in [6, 6.07) is -0.880. The van der Waals surface area contributed by atoms with Gasteiger partial charge in [0.2, 0.25) is 5.91 Å². The molecule has 3 unspecified atom stereocenters. The molecule has 0 aliphatic rings. The van der Waals surface area contributed by atoms with Crippen LogP contribution in [-0.4, -0.2) is 74.3 Å². The highest BCUT2D eigenvalue weighted by molar-refractivity contribution is 7.47. The number of likely N-dealkylation sites (N-methyl/N-ethyl adjacent to an activating group) is 1. The van der Waals surface area contributed by atoms with E-state index in [1.807, 2.05) is 94.1 Å². The monoisotopic (exact) mass is 980 g/mol. The van der Waals surface area contributed by atoms with Gasteiger partial charge < -0.3 is 19.4 Å². The second-order valence-corrected chi connectivity index (χ2v) is 20.3. The van der Waals surface area contributed by atoms with Crippen molar-refractivity contribution in [1.29, 1.82) is 0 Å². The van der Waals surface area contributed by atoms with Crippen LogP contribution in [0.1, 0.15) is 188 Å². The smallest absolute Gasteiger partial charge is 0.456 e. The fourth-order valence-electron chi connectivity index (χ4n) is 6.97. The number of ether oxygens (including phenoxy) is 1. The molecule has 0 aliphatic carbocycles. The molecule has 392 valence electrons. The van der Waals surface area contributed by atoms with Gasteiger partial charge in [0, 0.05) is 12.8 Å². The van der Waals surface area contributed by atoms with Gasteiger partial charge in [0.15, 0.2) is 0 Å². The van der Waals surface area contributed by atoms with E-state index in [1.165, 1.54) is 64.2 Å². The van der Waals surface area contributed by atoms with Crippen molar-refractivity contribution in [2.75, 3.05) is 40.9 Å². The molecule has 3 atom stereocenters. The van der Waals surface area contributed by atoms with E-state index in [2.05, 4.69) is 74.7 Å². The number of allylic oxidation sites excluding steroid dienone is 19. The van der Waals surface area contributed by atoms with Gasteiger partial charge in [-0.05, 0) is 70.3 Å². The molecule has 9 nitrogen and oxygen atoms in total. The minimum Gasteiger partial charge on any atom is -0.456 e. The summed E-state index contributed by atoms with van der Waals surface area (Å²) < 4.78 is 30.5. The predicted octanol–water partition coefficient (Wildman–Crippen LogP) is 16.0. The average molecular weight is 980 g/mol. The van der Waals surface area contributed by atoms with Crippen LogP contribution in [-0.2, 0) is 27.9 Å². The Morgan fingerprint density at radius 2 is 0.928 bits per heavy atom. The van der Waals surface area contributed by atoms with E-state index < -0.39 is 20.0 Å². The summed E-state index contributed by atoms with van der Waals surface area (Å²) in [5.74, 6) is -0.584. The highest BCUT2D eigenvalue weighted by atomic mass is 31.2. The number of rotatable bonds is 46. The lowest BCUT2D eigenvalue weighted by Gasteiger charge is -2.27. The molecular formula is C59H100N2O7P+. The average Bonchev–Trinajstić information content (AvgIpc) is 3.31. The molecule has 0 radical (unpaired) electrons. The molecule has 0 saturated heterocycles. The normalized spacial score (nSPS) is 14.8. The quantitative estimate of drug-likeness (QED) is 0.0156. The lowest BCUT2D eigenvalue weighted by atomic mass is 10.1. The van der Waals surface area contributed by atoms with Crippen molar-refractivity contribution in [2.24, 2.45) is 0 Å². The molecule has 0 aromatic carbocycles. The molecule has 0 rings (SSSR count). The first-order chi connectivity index (χ1) is 33.4. The van der Waals surface area contributed by atoms with E-state index >= 15 is 0 Å². The van der Waals surface area contributed by atoms with Crippen molar-refractivity contribution >= 4 is 19.7 Å². The van der Waals surface area contributed by atoms with Crippen molar-refractivity contribution in [1.82, 2.24) is 5.32 Å². The number of quaternary nitrogens is 1. The van der Waals surface area contributed by atoms with Gasteiger partial charge in [-0.15, -0.1) is 0 Å². The van der Waals surface area contributed by atoms with Gasteiger partial charge in [-0.2, -0.15) is 0 Å². The molecule has 0 aromatic heterocycles. The zero-order valence-corrected chi connectivity index (χ0v) is 45.4. The van der Waals surface area contributed by atoms with Crippen molar-refractivity contribution in [3.63, 3.8) is 0 Å². The Morgan fingerprint density at radius 1 is 0.522 bits per heavy atom. The van der Waals surface area contributed by atoms with E-state index in [9.17, 15) is 19.0 Å². The van der Waals surface area contributed by atoms with Gasteiger partial charge in [-0.25, -0.2) is 4.57 Å². The number of esters is 1. The lowest BCUT2D eigenvalue weighted by Crippen LogP contribution is -2.47. The Bertz CT molecular complexity index is 1600. The van der Waals surface area contributed by atoms with Crippen molar-refractivity contribution in [3.05, 3.63) is 122 Å². The van der Waals surface area contributed by atoms with Gasteiger partial charge in [-0.1, -0.05) is 226 Å². The molecule has 0 aliphatic heterocycles. The summed E-state index contributed by atoms with van der Waals surface area (Å²) in [6.07, 6.45) is 66.2. The number of hydrogen-bond acceptors (Lipinski definition) is 6. The van der Waals surface area contributed by atoms with Crippen LogP contribution in [0.5, 0.6) is 0 Å². The van der Waals surface area contributed by atoms with Crippen molar-refractivity contribution in [2.45, 2.75) is 200 Å². The maximum atomic E-state index is 13.5. The Morgan fingerprint density at radius 3 is 1.41 bits per heavy atom. The summed E-state index contributed by atoms with van der Waals surface area (Å²) in [7, 11) is 1.44. The SMILES string of the molecule is CC\C=C/C=C/C=C/C=C\C=C\C=C\CCCCCC(=O)OC(/C=C/CCCCCCCCCCC)C(COP(=O)(O)OCC[N+](C)(C)C)NC(=O)CCCCCCCCC/C=C/C=C/C=C/CC. The second-order valence-electron chi connectivity index (χ2n) is 18.9. The fraction of sp³-hybridized carbons (Fsp3) is 0.627. The van der Waals surface area contributed by atoms with Gasteiger partial charge in [0.25, 0.3) is 0 Å². The predicted molar refractivity (Wildman–Crippen MR) is 295 cm³/mol. The first-order valence-electron chi connectivity index (χ1n) is 27.0. The largest absolute Gasteiger partial charge is 0.472 e. The van der Waals surface area contributed by atoms with E-state index in [0.717, 1.165) is 83.5 Å². The zero-order chi connectivity index (χ0) is 50.8. The number of carbonyl (C=O) groups is 2. The molecule has 0 aromatic rings. The number of unbranched alkanes of at least 4 members (excludes halogenated alkanes) is 19. The molecule has 0 spiro atoms. The Hall–Kier alpha value is -3.59. The van der Waals surface area contributed by atoms with E-state index in [-0.39, 0.29) is 31.5 Å². The molecule has 0 bridgehead atoms. The zero-order valence-electron chi connectivity index (χ0n) is 44.5. The van der Waals surface area contributed by atoms with Crippen LogP contribution in [0, 0.1) is 0 Å². The summed E-state index contributed by atoms with van der Waals surface area (Å²) in [6.45, 7) is 6.65. The van der Waals surface area contributed by atoms with E-state index in [0.29, 0.717) is 23.9 Å². The number of nitrogens with one attached hydrogen (secondary N) is 1. The van der Waals surface area contributed by atoms with Crippen LogP contribution in [0.4, 0.5) is 0 Å². The highest BCUT2D eigenvalue weighted by Crippen LogP contribution is 2.43. The van der Waals surface area contributed by atoms with Crippen molar-refractivity contribution in [3.8, 4) is 0 Å². The Labute approximate surface area is 423 Å². The molecule has 69 heavy (non-hydrogen) atoms. The third-order valence-electron chi connectivity index (χ3n) is 11.1. The van der Waals surface area contributed by atoms with Crippen LogP contribution in [0.15, 0.2) is 122 Å². The number of phosphoric acid groups is 1. The summed E-state index contributed by atoms with van der Waals surface area (Å²) in [5.41, 5.74) is 0. The molecule has 0 heterocycles. The first kappa shape index (κ1) is 65.4. The maximum absolute atomic E-state index is 13.5. The minimum atomic E-state index is -4.46. The van der Waals surface area contributed by atoms with Gasteiger partial charge in [-0.3, -0.25) is 18.6 Å². The summed E-state index contributed by atoms with van der Waals surface area (Å²) >= 11 is 0. The van der Waals surface area contributed by atoms with Gasteiger partial charge in [0.05, 0.1) is 33.8 Å². The Kier molecular flexibility index (Phi) is 45.6. The first-order valence-corrected chi connectivity index (χ1v) is 28.5. The number of phosphoric ester groups is 1. The number of hydrogen-bond donors (Lipinski definition) is 2. The molecule has 0 fully saturated rings. The maximum Gasteiger partial charge on any atom is 0.472 e. The number of amides is 1. The van der Waals surface area contributed by atoms with E-state index in [1.54, 1.807) is 0 Å². The van der Waals surface area contributed by atoms with Gasteiger partial charge in [0.1, 0.15) is 19.3 Å². The Balaban J connectivity index is 5.50. The minimum absolute atomic E-state index is 0.0227. The third kappa shape index (κ3) is 49.2. The lowest BCUT2D eigenvalue weighted by molar-refractivity contribution is -0.870. The molecule has 10 heteroatoms. The number of nitrogens with zero attached hydrogens (tertiary/aromatic N) is 1. The highest BCUT2D eigenvalue weighted by Gasteiger charge is 2.30. The van der Waals surface area contributed by atoms with Crippen LogP contribution in [0.25, 0.3) is 0 Å². The van der Waals surface area contributed by atoms with Crippen LogP contribution in [0.2, 0.25) is 0 Å². The van der Waals surface area contributed by atoms with Gasteiger partial charge >= 0.3 is 13.8 Å². The summed E-state index contributed by atoms with van der Waals surface area (Å²) in [4.78, 5) is 37.5. The topological polar surface area (TPSA) is 111 Å². The van der Waals surface area contributed by atoms with Crippen molar-refractivity contribution < 1.29 is 37.3 Å². The number of carbonyl (C=O) groups excluding carboxylic acids is 2. The molecule has 0 saturated carbocycles. The van der Waals surface area contributed by atoms with E-state index in [4.69, 9.17) is 13.8 Å². The fourth-order valence-corrected chi connectivity index (χ4v) is 7.71. The van der Waals surface area contributed by atoms with Crippen LogP contribution in [0.3, 0.4) is 0 Å². The van der Waals surface area contributed by atoms with Crippen LogP contribution >= 0.6 is 7.82 Å². The standard InChI is InChI=1S/C59H99N2O7P/c1-7-10-13-16-19-22-25-27-29-30-32-34-37-40-43-46-49-52-59(63)68-57(50-47-44-41-38-35-24-21-18-15-12-9-3)56(55-67-69(64,65)66-54-53-61(4,5)6)60-58(62)51-48-45-42-39-36-33-31-28-26-23-20-17-14-11-8-2/h10-11,13-14,16-17,19-20,22-23,25-27,29-30,32,34,37,47,50,56-57H,7-9,12,15,18,21,24,28,31,33,35-36,38-46,48-49,51-55H2,1-6H3,(H-,60,62,64,65)/p+1/b13-10-,14-11+,19-16+,20-17+,25-22+,26-23+,29-27-,32-30+,37-34+,50-47+. The third-order valence-corrected chi connectivity index (χ3v) is 12.1. The summed E-state index contributed by atoms with van der Waals surface area (Å²) in [5, 5.41) is 3.02. The molecule has 1 amide bonds.